The lowest BCUT2D eigenvalue weighted by atomic mass is 9.84. The third-order valence-corrected chi connectivity index (χ3v) is 4.49. The fourth-order valence-corrected chi connectivity index (χ4v) is 2.45. The van der Waals surface area contributed by atoms with E-state index < -0.39 is 0 Å². The second-order valence-electron chi connectivity index (χ2n) is 5.26. The van der Waals surface area contributed by atoms with Gasteiger partial charge in [0.25, 0.3) is 0 Å². The Hall–Kier alpha value is -0.680. The van der Waals surface area contributed by atoms with Gasteiger partial charge in [-0.2, -0.15) is 0 Å². The molecular formula is C14H23ClFN3. The lowest BCUT2D eigenvalue weighted by Crippen LogP contribution is -2.59. The van der Waals surface area contributed by atoms with Gasteiger partial charge in [-0.1, -0.05) is 18.5 Å². The van der Waals surface area contributed by atoms with Crippen LogP contribution in [0.2, 0.25) is 5.02 Å². The van der Waals surface area contributed by atoms with Crippen molar-refractivity contribution in [3.8, 4) is 0 Å². The zero-order valence-corrected chi connectivity index (χ0v) is 12.8. The van der Waals surface area contributed by atoms with Crippen molar-refractivity contribution in [2.45, 2.75) is 38.3 Å². The van der Waals surface area contributed by atoms with E-state index in [4.69, 9.17) is 17.4 Å². The Balaban J connectivity index is 3.02. The first-order valence-electron chi connectivity index (χ1n) is 6.42. The van der Waals surface area contributed by atoms with Crippen LogP contribution < -0.4 is 11.3 Å². The number of hydrazine groups is 1. The predicted octanol–water partition coefficient (Wildman–Crippen LogP) is 2.58. The maximum Gasteiger partial charge on any atom is 0.123 e. The van der Waals surface area contributed by atoms with E-state index in [9.17, 15) is 4.39 Å². The number of nitrogens with zero attached hydrogens (tertiary/aromatic N) is 1. The van der Waals surface area contributed by atoms with Gasteiger partial charge in [-0.15, -0.1) is 0 Å². The molecule has 1 aromatic rings. The van der Waals surface area contributed by atoms with Gasteiger partial charge in [0.05, 0.1) is 0 Å². The molecule has 3 N–H and O–H groups in total. The molecule has 0 radical (unpaired) electrons. The van der Waals surface area contributed by atoms with Crippen molar-refractivity contribution in [2.24, 2.45) is 5.84 Å². The van der Waals surface area contributed by atoms with Crippen molar-refractivity contribution in [2.75, 3.05) is 14.1 Å². The standard InChI is InChI=1S/C14H23ClFN3/c1-5-14(2,19(3)4)13(18-17)9-10-8-11(16)6-7-12(10)15/h6-8,13,18H,5,9,17H2,1-4H3. The van der Waals surface area contributed by atoms with Crippen LogP contribution in [0.15, 0.2) is 18.2 Å². The molecule has 0 fully saturated rings. The maximum atomic E-state index is 13.3. The van der Waals surface area contributed by atoms with E-state index in [0.717, 1.165) is 12.0 Å². The summed E-state index contributed by atoms with van der Waals surface area (Å²) in [6.45, 7) is 4.24. The Labute approximate surface area is 119 Å². The third kappa shape index (κ3) is 3.66. The molecule has 1 rings (SSSR count). The summed E-state index contributed by atoms with van der Waals surface area (Å²) in [5, 5.41) is 0.568. The van der Waals surface area contributed by atoms with E-state index in [-0.39, 0.29) is 17.4 Å². The van der Waals surface area contributed by atoms with Crippen LogP contribution in [0.1, 0.15) is 25.8 Å². The number of hydrogen-bond acceptors (Lipinski definition) is 3. The molecule has 5 heteroatoms. The van der Waals surface area contributed by atoms with Gasteiger partial charge in [-0.3, -0.25) is 11.3 Å². The van der Waals surface area contributed by atoms with Crippen LogP contribution in [-0.2, 0) is 6.42 Å². The molecule has 0 heterocycles. The number of likely N-dealkylation sites (N-methyl/N-ethyl adjacent to an activating group) is 1. The average Bonchev–Trinajstić information content (AvgIpc) is 2.38. The van der Waals surface area contributed by atoms with Crippen LogP contribution in [0.25, 0.3) is 0 Å². The van der Waals surface area contributed by atoms with Gasteiger partial charge >= 0.3 is 0 Å². The lowest BCUT2D eigenvalue weighted by Gasteiger charge is -2.42. The van der Waals surface area contributed by atoms with E-state index in [2.05, 4.69) is 24.2 Å². The highest BCUT2D eigenvalue weighted by atomic mass is 35.5. The Morgan fingerprint density at radius 1 is 1.47 bits per heavy atom. The van der Waals surface area contributed by atoms with Gasteiger partial charge in [0.15, 0.2) is 0 Å². The smallest absolute Gasteiger partial charge is 0.123 e. The number of nitrogens with one attached hydrogen (secondary N) is 1. The number of benzene rings is 1. The van der Waals surface area contributed by atoms with E-state index in [0.29, 0.717) is 11.4 Å². The normalized spacial score (nSPS) is 16.4. The molecule has 0 saturated carbocycles. The first kappa shape index (κ1) is 16.4. The molecule has 2 unspecified atom stereocenters. The van der Waals surface area contributed by atoms with Gasteiger partial charge in [-0.05, 0) is 57.6 Å². The topological polar surface area (TPSA) is 41.3 Å². The summed E-state index contributed by atoms with van der Waals surface area (Å²) in [6.07, 6.45) is 1.50. The Kier molecular flexibility index (Phi) is 5.74. The molecular weight excluding hydrogens is 265 g/mol. The SMILES string of the molecule is CCC(C)(C(Cc1cc(F)ccc1Cl)NN)N(C)C. The lowest BCUT2D eigenvalue weighted by molar-refractivity contribution is 0.112. The molecule has 0 amide bonds. The maximum absolute atomic E-state index is 13.3. The van der Waals surface area contributed by atoms with Crippen molar-refractivity contribution in [1.82, 2.24) is 10.3 Å². The summed E-state index contributed by atoms with van der Waals surface area (Å²) in [6, 6.07) is 4.39. The highest BCUT2D eigenvalue weighted by Crippen LogP contribution is 2.26. The molecule has 0 aliphatic heterocycles. The van der Waals surface area contributed by atoms with Crippen molar-refractivity contribution in [3.05, 3.63) is 34.6 Å². The average molecular weight is 288 g/mol. The summed E-state index contributed by atoms with van der Waals surface area (Å²) in [7, 11) is 4.03. The molecule has 0 aromatic heterocycles. The van der Waals surface area contributed by atoms with Crippen LogP contribution in [0.4, 0.5) is 4.39 Å². The second kappa shape index (κ2) is 6.66. The predicted molar refractivity (Wildman–Crippen MR) is 78.6 cm³/mol. The Morgan fingerprint density at radius 3 is 2.58 bits per heavy atom. The summed E-state index contributed by atoms with van der Waals surface area (Å²) in [5.74, 6) is 5.42. The molecule has 0 saturated heterocycles. The van der Waals surface area contributed by atoms with Crippen LogP contribution in [0.5, 0.6) is 0 Å². The summed E-state index contributed by atoms with van der Waals surface area (Å²) in [5.41, 5.74) is 3.48. The highest BCUT2D eigenvalue weighted by Gasteiger charge is 2.34. The number of hydrogen-bond donors (Lipinski definition) is 2. The molecule has 0 aliphatic rings. The van der Waals surface area contributed by atoms with Gasteiger partial charge in [0, 0.05) is 16.6 Å². The minimum Gasteiger partial charge on any atom is -0.302 e. The number of nitrogens with two attached hydrogens (primary N) is 1. The molecule has 3 nitrogen and oxygen atoms in total. The van der Waals surface area contributed by atoms with Crippen LogP contribution in [0, 0.1) is 5.82 Å². The van der Waals surface area contributed by atoms with E-state index in [1.165, 1.54) is 12.1 Å². The van der Waals surface area contributed by atoms with Crippen LogP contribution in [-0.4, -0.2) is 30.6 Å². The third-order valence-electron chi connectivity index (χ3n) is 4.12. The van der Waals surface area contributed by atoms with Crippen molar-refractivity contribution in [3.63, 3.8) is 0 Å². The molecule has 0 aliphatic carbocycles. The van der Waals surface area contributed by atoms with Gasteiger partial charge in [0.2, 0.25) is 0 Å². The van der Waals surface area contributed by atoms with Gasteiger partial charge in [-0.25, -0.2) is 4.39 Å². The van der Waals surface area contributed by atoms with E-state index in [1.54, 1.807) is 6.07 Å². The minimum absolute atomic E-state index is 0.0215. The summed E-state index contributed by atoms with van der Waals surface area (Å²) < 4.78 is 13.3. The van der Waals surface area contributed by atoms with Crippen molar-refractivity contribution in [1.29, 1.82) is 0 Å². The molecule has 0 spiro atoms. The van der Waals surface area contributed by atoms with Gasteiger partial charge in [0.1, 0.15) is 5.82 Å². The fraction of sp³-hybridized carbons (Fsp3) is 0.571. The van der Waals surface area contributed by atoms with Crippen LogP contribution >= 0.6 is 11.6 Å². The molecule has 2 atom stereocenters. The Bertz CT molecular complexity index is 425. The molecule has 0 bridgehead atoms. The summed E-state index contributed by atoms with van der Waals surface area (Å²) in [4.78, 5) is 2.13. The van der Waals surface area contributed by atoms with Crippen LogP contribution in [0.3, 0.4) is 0 Å². The number of rotatable bonds is 6. The molecule has 108 valence electrons. The second-order valence-corrected chi connectivity index (χ2v) is 5.67. The fourth-order valence-electron chi connectivity index (χ4n) is 2.25. The van der Waals surface area contributed by atoms with E-state index in [1.807, 2.05) is 14.1 Å². The highest BCUT2D eigenvalue weighted by molar-refractivity contribution is 6.31. The van der Waals surface area contributed by atoms with Gasteiger partial charge < -0.3 is 4.90 Å². The van der Waals surface area contributed by atoms with Crippen molar-refractivity contribution >= 4 is 11.6 Å². The first-order chi connectivity index (χ1) is 8.85. The molecule has 19 heavy (non-hydrogen) atoms. The zero-order chi connectivity index (χ0) is 14.6. The summed E-state index contributed by atoms with van der Waals surface area (Å²) >= 11 is 6.12. The van der Waals surface area contributed by atoms with E-state index >= 15 is 0 Å². The minimum atomic E-state index is -0.279. The molecule has 1 aromatic carbocycles. The number of halogens is 2. The quantitative estimate of drug-likeness (QED) is 0.624. The zero-order valence-electron chi connectivity index (χ0n) is 12.0. The Morgan fingerprint density at radius 2 is 2.11 bits per heavy atom. The first-order valence-corrected chi connectivity index (χ1v) is 6.80. The largest absolute Gasteiger partial charge is 0.302 e. The monoisotopic (exact) mass is 287 g/mol. The van der Waals surface area contributed by atoms with Crippen molar-refractivity contribution < 1.29 is 4.39 Å².